The van der Waals surface area contributed by atoms with Crippen LogP contribution >= 0.6 is 11.8 Å². The first-order valence-corrected chi connectivity index (χ1v) is 4.98. The van der Waals surface area contributed by atoms with Crippen molar-refractivity contribution in [1.29, 1.82) is 0 Å². The van der Waals surface area contributed by atoms with E-state index in [1.807, 2.05) is 36.0 Å². The molecule has 62 valence electrons. The van der Waals surface area contributed by atoms with E-state index in [2.05, 4.69) is 0 Å². The number of thioether (sulfide) groups is 1. The lowest BCUT2D eigenvalue weighted by Gasteiger charge is -1.97. The van der Waals surface area contributed by atoms with E-state index in [0.717, 1.165) is 17.1 Å². The van der Waals surface area contributed by atoms with Gasteiger partial charge in [0.15, 0.2) is 0 Å². The van der Waals surface area contributed by atoms with Gasteiger partial charge in [-0.05, 0) is 25.0 Å². The summed E-state index contributed by atoms with van der Waals surface area (Å²) >= 11 is 1.91. The molecule has 0 spiro atoms. The lowest BCUT2D eigenvalue weighted by atomic mass is 10.2. The van der Waals surface area contributed by atoms with E-state index in [4.69, 9.17) is 0 Å². The molecule has 2 heteroatoms. The van der Waals surface area contributed by atoms with Crippen LogP contribution in [0.5, 0.6) is 0 Å². The molecule has 1 aromatic rings. The molecule has 0 saturated heterocycles. The Morgan fingerprint density at radius 1 is 1.25 bits per heavy atom. The maximum Gasteiger partial charge on any atom is 0.150 e. The van der Waals surface area contributed by atoms with Crippen molar-refractivity contribution in [3.8, 4) is 0 Å². The SMILES string of the molecule is O=Cc1ccc(SC2CC2)cc1. The molecule has 1 aliphatic rings. The van der Waals surface area contributed by atoms with E-state index in [1.54, 1.807) is 0 Å². The van der Waals surface area contributed by atoms with Gasteiger partial charge in [0.1, 0.15) is 6.29 Å². The minimum Gasteiger partial charge on any atom is -0.298 e. The van der Waals surface area contributed by atoms with Gasteiger partial charge in [0.2, 0.25) is 0 Å². The van der Waals surface area contributed by atoms with Crippen molar-refractivity contribution in [3.63, 3.8) is 0 Å². The number of benzene rings is 1. The summed E-state index contributed by atoms with van der Waals surface area (Å²) in [6.45, 7) is 0. The molecule has 0 unspecified atom stereocenters. The van der Waals surface area contributed by atoms with E-state index < -0.39 is 0 Å². The molecule has 0 amide bonds. The van der Waals surface area contributed by atoms with Crippen LogP contribution in [0.1, 0.15) is 23.2 Å². The average Bonchev–Trinajstić information content (AvgIpc) is 2.90. The topological polar surface area (TPSA) is 17.1 Å². The molecule has 0 radical (unpaired) electrons. The minimum atomic E-state index is 0.759. The van der Waals surface area contributed by atoms with Gasteiger partial charge in [0, 0.05) is 15.7 Å². The maximum absolute atomic E-state index is 10.3. The second kappa shape index (κ2) is 3.31. The van der Waals surface area contributed by atoms with Crippen LogP contribution in [0.15, 0.2) is 29.2 Å². The first-order chi connectivity index (χ1) is 5.88. The fraction of sp³-hybridized carbons (Fsp3) is 0.300. The van der Waals surface area contributed by atoms with E-state index in [0.29, 0.717) is 0 Å². The molecule has 1 aromatic carbocycles. The molecule has 1 aliphatic carbocycles. The van der Waals surface area contributed by atoms with Crippen molar-refractivity contribution in [2.45, 2.75) is 23.0 Å². The number of rotatable bonds is 3. The lowest BCUT2D eigenvalue weighted by molar-refractivity contribution is 0.112. The van der Waals surface area contributed by atoms with Gasteiger partial charge < -0.3 is 0 Å². The summed E-state index contributed by atoms with van der Waals surface area (Å²) < 4.78 is 0. The van der Waals surface area contributed by atoms with Crippen LogP contribution in [-0.4, -0.2) is 11.5 Å². The third-order valence-corrected chi connectivity index (χ3v) is 3.19. The van der Waals surface area contributed by atoms with Crippen molar-refractivity contribution < 1.29 is 4.79 Å². The molecule has 0 bridgehead atoms. The Bertz CT molecular complexity index is 274. The molecule has 0 atom stereocenters. The van der Waals surface area contributed by atoms with E-state index in [9.17, 15) is 4.79 Å². The highest BCUT2D eigenvalue weighted by Gasteiger charge is 2.22. The predicted molar refractivity (Wildman–Crippen MR) is 50.7 cm³/mol. The summed E-state index contributed by atoms with van der Waals surface area (Å²) in [5.74, 6) is 0. The summed E-state index contributed by atoms with van der Waals surface area (Å²) in [7, 11) is 0. The quantitative estimate of drug-likeness (QED) is 0.662. The third-order valence-electron chi connectivity index (χ3n) is 1.84. The highest BCUT2D eigenvalue weighted by atomic mass is 32.2. The standard InChI is InChI=1S/C10H10OS/c11-7-8-1-3-9(4-2-8)12-10-5-6-10/h1-4,7,10H,5-6H2. The summed E-state index contributed by atoms with van der Waals surface area (Å²) in [6.07, 6.45) is 3.58. The Balaban J connectivity index is 2.07. The van der Waals surface area contributed by atoms with Gasteiger partial charge >= 0.3 is 0 Å². The highest BCUT2D eigenvalue weighted by molar-refractivity contribution is 8.00. The van der Waals surface area contributed by atoms with Crippen molar-refractivity contribution in [1.82, 2.24) is 0 Å². The van der Waals surface area contributed by atoms with Crippen LogP contribution in [0.3, 0.4) is 0 Å². The Hall–Kier alpha value is -0.760. The second-order valence-corrected chi connectivity index (χ2v) is 4.38. The molecule has 1 nitrogen and oxygen atoms in total. The first-order valence-electron chi connectivity index (χ1n) is 4.10. The van der Waals surface area contributed by atoms with Gasteiger partial charge in [-0.15, -0.1) is 11.8 Å². The molecule has 0 heterocycles. The molecule has 1 fully saturated rings. The Morgan fingerprint density at radius 3 is 2.42 bits per heavy atom. The number of hydrogen-bond acceptors (Lipinski definition) is 2. The molecule has 12 heavy (non-hydrogen) atoms. The van der Waals surface area contributed by atoms with Gasteiger partial charge in [-0.2, -0.15) is 0 Å². The zero-order valence-electron chi connectivity index (χ0n) is 6.69. The monoisotopic (exact) mass is 178 g/mol. The Kier molecular flexibility index (Phi) is 2.17. The Labute approximate surface area is 76.2 Å². The van der Waals surface area contributed by atoms with Gasteiger partial charge in [-0.3, -0.25) is 4.79 Å². The molecule has 0 N–H and O–H groups in total. The van der Waals surface area contributed by atoms with Crippen molar-refractivity contribution in [2.75, 3.05) is 0 Å². The number of carbonyl (C=O) groups excluding carboxylic acids is 1. The van der Waals surface area contributed by atoms with E-state index in [1.165, 1.54) is 17.7 Å². The molecule has 0 aliphatic heterocycles. The van der Waals surface area contributed by atoms with Gasteiger partial charge in [-0.1, -0.05) is 12.1 Å². The third kappa shape index (κ3) is 1.89. The maximum atomic E-state index is 10.3. The summed E-state index contributed by atoms with van der Waals surface area (Å²) in [6, 6.07) is 7.79. The van der Waals surface area contributed by atoms with Gasteiger partial charge in [-0.25, -0.2) is 0 Å². The van der Waals surface area contributed by atoms with Crippen molar-refractivity contribution >= 4 is 18.0 Å². The van der Waals surface area contributed by atoms with Crippen LogP contribution in [-0.2, 0) is 0 Å². The molecular formula is C10H10OS. The molecule has 0 aromatic heterocycles. The van der Waals surface area contributed by atoms with Crippen LogP contribution < -0.4 is 0 Å². The minimum absolute atomic E-state index is 0.759. The van der Waals surface area contributed by atoms with Gasteiger partial charge in [0.25, 0.3) is 0 Å². The fourth-order valence-electron chi connectivity index (χ4n) is 1.00. The van der Waals surface area contributed by atoms with E-state index in [-0.39, 0.29) is 0 Å². The van der Waals surface area contributed by atoms with Crippen LogP contribution in [0.2, 0.25) is 0 Å². The average molecular weight is 178 g/mol. The number of hydrogen-bond donors (Lipinski definition) is 0. The van der Waals surface area contributed by atoms with Crippen molar-refractivity contribution in [2.24, 2.45) is 0 Å². The summed E-state index contributed by atoms with van der Waals surface area (Å²) in [4.78, 5) is 11.6. The number of carbonyl (C=O) groups is 1. The lowest BCUT2D eigenvalue weighted by Crippen LogP contribution is -1.79. The van der Waals surface area contributed by atoms with Crippen molar-refractivity contribution in [3.05, 3.63) is 29.8 Å². The molecule has 1 saturated carbocycles. The largest absolute Gasteiger partial charge is 0.298 e. The fourth-order valence-corrected chi connectivity index (χ4v) is 2.05. The second-order valence-electron chi connectivity index (χ2n) is 3.00. The van der Waals surface area contributed by atoms with E-state index >= 15 is 0 Å². The Morgan fingerprint density at radius 2 is 1.92 bits per heavy atom. The summed E-state index contributed by atoms with van der Waals surface area (Å²) in [5, 5.41) is 0.840. The van der Waals surface area contributed by atoms with Crippen LogP contribution in [0.25, 0.3) is 0 Å². The molecular weight excluding hydrogens is 168 g/mol. The van der Waals surface area contributed by atoms with Gasteiger partial charge in [0.05, 0.1) is 0 Å². The summed E-state index contributed by atoms with van der Waals surface area (Å²) in [5.41, 5.74) is 0.759. The smallest absolute Gasteiger partial charge is 0.150 e. The van der Waals surface area contributed by atoms with Crippen LogP contribution in [0, 0.1) is 0 Å². The molecule has 2 rings (SSSR count). The number of aldehydes is 1. The van der Waals surface area contributed by atoms with Crippen LogP contribution in [0.4, 0.5) is 0 Å². The zero-order valence-corrected chi connectivity index (χ0v) is 7.51. The highest BCUT2D eigenvalue weighted by Crippen LogP contribution is 2.38. The zero-order chi connectivity index (χ0) is 8.39. The normalized spacial score (nSPS) is 16.0. The first kappa shape index (κ1) is 7.87. The predicted octanol–water partition coefficient (Wildman–Crippen LogP) is 2.75.